The predicted molar refractivity (Wildman–Crippen MR) is 98.2 cm³/mol. The Morgan fingerprint density at radius 2 is 1.56 bits per heavy atom. The van der Waals surface area contributed by atoms with Crippen molar-refractivity contribution in [3.05, 3.63) is 70.8 Å². The molecule has 1 unspecified atom stereocenters. The second-order valence-corrected chi connectivity index (χ2v) is 6.53. The summed E-state index contributed by atoms with van der Waals surface area (Å²) in [4.78, 5) is 16.8. The van der Waals surface area contributed by atoms with Gasteiger partial charge in [0.25, 0.3) is 5.91 Å². The van der Waals surface area contributed by atoms with Crippen LogP contribution in [-0.2, 0) is 0 Å². The lowest BCUT2D eigenvalue weighted by Crippen LogP contribution is -2.49. The molecule has 1 fully saturated rings. The summed E-state index contributed by atoms with van der Waals surface area (Å²) in [5, 5.41) is 9.67. The number of carbonyl (C=O) groups excluding carboxylic acids is 1. The fourth-order valence-electron chi connectivity index (χ4n) is 3.41. The van der Waals surface area contributed by atoms with Crippen LogP contribution in [0.2, 0.25) is 0 Å². The Labute approximate surface area is 149 Å². The molecule has 1 heterocycles. The summed E-state index contributed by atoms with van der Waals surface area (Å²) in [5.74, 6) is 0.0853. The zero-order valence-corrected chi connectivity index (χ0v) is 14.8. The number of aryl methyl sites for hydroxylation is 2. The van der Waals surface area contributed by atoms with Crippen molar-refractivity contribution in [3.63, 3.8) is 0 Å². The number of nitriles is 1. The molecule has 1 aliphatic heterocycles. The Morgan fingerprint density at radius 3 is 2.16 bits per heavy atom. The number of hydrogen-bond acceptors (Lipinski definition) is 3. The number of benzene rings is 2. The third-order valence-electron chi connectivity index (χ3n) is 4.95. The summed E-state index contributed by atoms with van der Waals surface area (Å²) in [6.45, 7) is 6.73. The lowest BCUT2D eigenvalue weighted by molar-refractivity contribution is 0.0605. The molecular formula is C21H23N3O. The highest BCUT2D eigenvalue weighted by molar-refractivity contribution is 5.95. The smallest absolute Gasteiger partial charge is 0.254 e. The Balaban J connectivity index is 1.69. The average molecular weight is 333 g/mol. The van der Waals surface area contributed by atoms with Gasteiger partial charge in [0.1, 0.15) is 6.04 Å². The second kappa shape index (κ2) is 7.50. The van der Waals surface area contributed by atoms with Crippen molar-refractivity contribution in [1.29, 1.82) is 5.26 Å². The minimum absolute atomic E-state index is 0.0853. The molecule has 0 aliphatic carbocycles. The number of nitrogens with zero attached hydrogens (tertiary/aromatic N) is 3. The fourth-order valence-corrected chi connectivity index (χ4v) is 3.41. The van der Waals surface area contributed by atoms with Gasteiger partial charge in [0, 0.05) is 31.7 Å². The highest BCUT2D eigenvalue weighted by atomic mass is 16.2. The van der Waals surface area contributed by atoms with E-state index in [-0.39, 0.29) is 11.9 Å². The summed E-state index contributed by atoms with van der Waals surface area (Å²) < 4.78 is 0. The van der Waals surface area contributed by atoms with Gasteiger partial charge in [0.05, 0.1) is 6.07 Å². The maximum absolute atomic E-state index is 12.7. The van der Waals surface area contributed by atoms with Gasteiger partial charge in [-0.3, -0.25) is 9.69 Å². The van der Waals surface area contributed by atoms with Crippen LogP contribution in [0.15, 0.2) is 48.5 Å². The summed E-state index contributed by atoms with van der Waals surface area (Å²) in [6.07, 6.45) is 0. The van der Waals surface area contributed by atoms with Gasteiger partial charge < -0.3 is 4.90 Å². The molecule has 0 radical (unpaired) electrons. The predicted octanol–water partition coefficient (Wildman–Crippen LogP) is 3.33. The lowest BCUT2D eigenvalue weighted by atomic mass is 10.00. The van der Waals surface area contributed by atoms with E-state index in [0.29, 0.717) is 26.2 Å². The largest absolute Gasteiger partial charge is 0.336 e. The quantitative estimate of drug-likeness (QED) is 0.865. The number of hydrogen-bond donors (Lipinski definition) is 0. The zero-order valence-electron chi connectivity index (χ0n) is 14.8. The standard InChI is InChI=1S/C21H23N3O/c1-16-7-3-5-9-18(16)20(15-22)23-11-13-24(14-12-23)21(25)19-10-6-4-8-17(19)2/h3-10,20H,11-14H2,1-2H3. The first-order valence-corrected chi connectivity index (χ1v) is 8.66. The summed E-state index contributed by atoms with van der Waals surface area (Å²) in [6, 6.07) is 17.9. The third-order valence-corrected chi connectivity index (χ3v) is 4.95. The van der Waals surface area contributed by atoms with Crippen molar-refractivity contribution in [1.82, 2.24) is 9.80 Å². The van der Waals surface area contributed by atoms with E-state index in [1.807, 2.05) is 67.3 Å². The van der Waals surface area contributed by atoms with Gasteiger partial charge in [-0.05, 0) is 36.6 Å². The van der Waals surface area contributed by atoms with Crippen LogP contribution >= 0.6 is 0 Å². The Bertz CT molecular complexity index is 801. The molecule has 128 valence electrons. The van der Waals surface area contributed by atoms with Gasteiger partial charge in [0.15, 0.2) is 0 Å². The normalized spacial score (nSPS) is 16.3. The van der Waals surface area contributed by atoms with Gasteiger partial charge in [-0.25, -0.2) is 0 Å². The van der Waals surface area contributed by atoms with Gasteiger partial charge in [-0.15, -0.1) is 0 Å². The van der Waals surface area contributed by atoms with Crippen molar-refractivity contribution >= 4 is 5.91 Å². The molecule has 4 heteroatoms. The third kappa shape index (κ3) is 3.57. The van der Waals surface area contributed by atoms with E-state index < -0.39 is 0 Å². The SMILES string of the molecule is Cc1ccccc1C(=O)N1CCN(C(C#N)c2ccccc2C)CC1. The summed E-state index contributed by atoms with van der Waals surface area (Å²) >= 11 is 0. The van der Waals surface area contributed by atoms with Crippen LogP contribution < -0.4 is 0 Å². The molecule has 0 saturated carbocycles. The zero-order chi connectivity index (χ0) is 17.8. The maximum Gasteiger partial charge on any atom is 0.254 e. The molecule has 0 aromatic heterocycles. The molecule has 3 rings (SSSR count). The first kappa shape index (κ1) is 17.2. The highest BCUT2D eigenvalue weighted by Crippen LogP contribution is 2.25. The van der Waals surface area contributed by atoms with Gasteiger partial charge in [-0.1, -0.05) is 42.5 Å². The van der Waals surface area contributed by atoms with Crippen LogP contribution in [0.4, 0.5) is 0 Å². The van der Waals surface area contributed by atoms with Crippen LogP contribution in [-0.4, -0.2) is 41.9 Å². The fraction of sp³-hybridized carbons (Fsp3) is 0.333. The number of amides is 1. The topological polar surface area (TPSA) is 47.3 Å². The Hall–Kier alpha value is -2.64. The molecule has 4 nitrogen and oxygen atoms in total. The first-order valence-electron chi connectivity index (χ1n) is 8.66. The Kier molecular flexibility index (Phi) is 5.16. The lowest BCUT2D eigenvalue weighted by Gasteiger charge is -2.37. The van der Waals surface area contributed by atoms with E-state index in [1.54, 1.807) is 0 Å². The van der Waals surface area contributed by atoms with Gasteiger partial charge >= 0.3 is 0 Å². The number of carbonyl (C=O) groups is 1. The monoisotopic (exact) mass is 333 g/mol. The van der Waals surface area contributed by atoms with Crippen LogP contribution in [0.25, 0.3) is 0 Å². The van der Waals surface area contributed by atoms with Crippen molar-refractivity contribution in [2.45, 2.75) is 19.9 Å². The van der Waals surface area contributed by atoms with E-state index in [4.69, 9.17) is 0 Å². The van der Waals surface area contributed by atoms with E-state index >= 15 is 0 Å². The molecule has 2 aromatic rings. The van der Waals surface area contributed by atoms with E-state index in [2.05, 4.69) is 11.0 Å². The summed E-state index contributed by atoms with van der Waals surface area (Å²) in [5.41, 5.74) is 3.97. The molecule has 25 heavy (non-hydrogen) atoms. The molecule has 1 amide bonds. The van der Waals surface area contributed by atoms with E-state index in [0.717, 1.165) is 22.3 Å². The highest BCUT2D eigenvalue weighted by Gasteiger charge is 2.28. The van der Waals surface area contributed by atoms with Crippen molar-refractivity contribution < 1.29 is 4.79 Å². The van der Waals surface area contributed by atoms with Crippen LogP contribution in [0.5, 0.6) is 0 Å². The molecule has 1 atom stereocenters. The van der Waals surface area contributed by atoms with Crippen LogP contribution in [0.3, 0.4) is 0 Å². The minimum Gasteiger partial charge on any atom is -0.336 e. The van der Waals surface area contributed by atoms with Gasteiger partial charge in [-0.2, -0.15) is 5.26 Å². The molecule has 0 bridgehead atoms. The first-order chi connectivity index (χ1) is 12.1. The van der Waals surface area contributed by atoms with E-state index in [1.165, 1.54) is 0 Å². The number of rotatable bonds is 3. The average Bonchev–Trinajstić information content (AvgIpc) is 2.64. The van der Waals surface area contributed by atoms with E-state index in [9.17, 15) is 10.1 Å². The molecule has 0 spiro atoms. The number of piperazine rings is 1. The van der Waals surface area contributed by atoms with Crippen molar-refractivity contribution in [2.24, 2.45) is 0 Å². The summed E-state index contributed by atoms with van der Waals surface area (Å²) in [7, 11) is 0. The Morgan fingerprint density at radius 1 is 0.960 bits per heavy atom. The molecule has 0 N–H and O–H groups in total. The van der Waals surface area contributed by atoms with Crippen molar-refractivity contribution in [3.8, 4) is 6.07 Å². The molecule has 1 saturated heterocycles. The molecular weight excluding hydrogens is 310 g/mol. The molecule has 2 aromatic carbocycles. The second-order valence-electron chi connectivity index (χ2n) is 6.53. The van der Waals surface area contributed by atoms with Gasteiger partial charge in [0.2, 0.25) is 0 Å². The van der Waals surface area contributed by atoms with Crippen LogP contribution in [0, 0.1) is 25.2 Å². The maximum atomic E-state index is 12.7. The minimum atomic E-state index is -0.253. The van der Waals surface area contributed by atoms with Crippen LogP contribution in [0.1, 0.15) is 33.1 Å². The molecule has 1 aliphatic rings. The van der Waals surface area contributed by atoms with Crippen molar-refractivity contribution in [2.75, 3.05) is 26.2 Å².